The van der Waals surface area contributed by atoms with Crippen molar-refractivity contribution in [2.24, 2.45) is 0 Å². The molecule has 4 nitrogen and oxygen atoms in total. The molecule has 20 heavy (non-hydrogen) atoms. The molecule has 0 amide bonds. The van der Waals surface area contributed by atoms with Crippen molar-refractivity contribution in [1.29, 1.82) is 0 Å². The number of carbonyl (C=O) groups excluding carboxylic acids is 1. The third-order valence-corrected chi connectivity index (χ3v) is 2.50. The molecule has 106 valence electrons. The summed E-state index contributed by atoms with van der Waals surface area (Å²) in [6.07, 6.45) is -4.67. The number of H-pyrrole nitrogens is 1. The number of methoxy groups -OCH3 is 1. The van der Waals surface area contributed by atoms with Gasteiger partial charge in [0, 0.05) is 5.56 Å². The van der Waals surface area contributed by atoms with Crippen LogP contribution in [0.15, 0.2) is 24.3 Å². The second kappa shape index (κ2) is 4.95. The highest BCUT2D eigenvalue weighted by Gasteiger charge is 2.31. The fourth-order valence-electron chi connectivity index (χ4n) is 1.59. The highest BCUT2D eigenvalue weighted by molar-refractivity contribution is 5.88. The van der Waals surface area contributed by atoms with Gasteiger partial charge < -0.3 is 4.74 Å². The molecule has 2 rings (SSSR count). The van der Waals surface area contributed by atoms with Crippen LogP contribution in [-0.4, -0.2) is 23.3 Å². The smallest absolute Gasteiger partial charge is 0.416 e. The van der Waals surface area contributed by atoms with Gasteiger partial charge >= 0.3 is 12.1 Å². The van der Waals surface area contributed by atoms with E-state index < -0.39 is 23.5 Å². The Morgan fingerprint density at radius 1 is 1.25 bits per heavy atom. The topological polar surface area (TPSA) is 55.0 Å². The van der Waals surface area contributed by atoms with Crippen molar-refractivity contribution in [3.8, 4) is 11.3 Å². The predicted molar refractivity (Wildman–Crippen MR) is 60.3 cm³/mol. The van der Waals surface area contributed by atoms with Gasteiger partial charge in [0.2, 0.25) is 0 Å². The van der Waals surface area contributed by atoms with Crippen molar-refractivity contribution in [2.45, 2.75) is 6.18 Å². The molecular formula is C12H8F4N2O2. The Bertz CT molecular complexity index is 649. The van der Waals surface area contributed by atoms with Crippen LogP contribution in [0, 0.1) is 5.82 Å². The zero-order valence-corrected chi connectivity index (χ0v) is 10.1. The van der Waals surface area contributed by atoms with Gasteiger partial charge in [0.15, 0.2) is 0 Å². The van der Waals surface area contributed by atoms with E-state index in [-0.39, 0.29) is 17.0 Å². The maximum absolute atomic E-state index is 13.2. The molecule has 0 fully saturated rings. The molecule has 0 atom stereocenters. The zero-order valence-electron chi connectivity index (χ0n) is 10.1. The number of nitrogens with zero attached hydrogens (tertiary/aromatic N) is 1. The van der Waals surface area contributed by atoms with Crippen molar-refractivity contribution >= 4 is 5.97 Å². The number of ether oxygens (including phenoxy) is 1. The Morgan fingerprint density at radius 2 is 1.95 bits per heavy atom. The molecule has 0 aliphatic heterocycles. The third-order valence-electron chi connectivity index (χ3n) is 2.50. The molecule has 0 saturated carbocycles. The van der Waals surface area contributed by atoms with E-state index in [9.17, 15) is 22.4 Å². The summed E-state index contributed by atoms with van der Waals surface area (Å²) in [6, 6.07) is 3.21. The van der Waals surface area contributed by atoms with Gasteiger partial charge in [0.25, 0.3) is 0 Å². The Hall–Kier alpha value is -2.38. The molecular weight excluding hydrogens is 280 g/mol. The Labute approximate surface area is 110 Å². The van der Waals surface area contributed by atoms with Crippen LogP contribution >= 0.6 is 0 Å². The van der Waals surface area contributed by atoms with Gasteiger partial charge in [-0.3, -0.25) is 5.10 Å². The first-order chi connectivity index (χ1) is 9.31. The lowest BCUT2D eigenvalue weighted by atomic mass is 10.1. The van der Waals surface area contributed by atoms with E-state index in [0.717, 1.165) is 19.2 Å². The normalized spacial score (nSPS) is 11.4. The van der Waals surface area contributed by atoms with Crippen LogP contribution in [0.1, 0.15) is 16.1 Å². The molecule has 8 heteroatoms. The summed E-state index contributed by atoms with van der Waals surface area (Å²) in [7, 11) is 1.15. The quantitative estimate of drug-likeness (QED) is 0.682. The number of hydrogen-bond donors (Lipinski definition) is 1. The molecule has 1 aromatic carbocycles. The van der Waals surface area contributed by atoms with E-state index in [1.54, 1.807) is 0 Å². The highest BCUT2D eigenvalue weighted by Crippen LogP contribution is 2.32. The minimum atomic E-state index is -4.67. The van der Waals surface area contributed by atoms with Crippen LogP contribution < -0.4 is 0 Å². The first-order valence-electron chi connectivity index (χ1n) is 5.33. The molecule has 1 heterocycles. The minimum Gasteiger partial charge on any atom is -0.464 e. The van der Waals surface area contributed by atoms with E-state index in [4.69, 9.17) is 0 Å². The van der Waals surface area contributed by atoms with Crippen LogP contribution in [-0.2, 0) is 10.9 Å². The number of halogens is 4. The van der Waals surface area contributed by atoms with Crippen LogP contribution in [0.5, 0.6) is 0 Å². The lowest BCUT2D eigenvalue weighted by Crippen LogP contribution is -2.05. The number of aromatic nitrogens is 2. The fraction of sp³-hybridized carbons (Fsp3) is 0.167. The maximum Gasteiger partial charge on any atom is 0.416 e. The van der Waals surface area contributed by atoms with Crippen molar-refractivity contribution in [3.05, 3.63) is 41.3 Å². The van der Waals surface area contributed by atoms with E-state index in [1.807, 2.05) is 0 Å². The van der Waals surface area contributed by atoms with Crippen LogP contribution in [0.3, 0.4) is 0 Å². The second-order valence-corrected chi connectivity index (χ2v) is 3.88. The summed E-state index contributed by atoms with van der Waals surface area (Å²) in [6.45, 7) is 0. The van der Waals surface area contributed by atoms with Crippen LogP contribution in [0.25, 0.3) is 11.3 Å². The highest BCUT2D eigenvalue weighted by atomic mass is 19.4. The van der Waals surface area contributed by atoms with Gasteiger partial charge in [-0.1, -0.05) is 0 Å². The predicted octanol–water partition coefficient (Wildman–Crippen LogP) is 3.02. The standard InChI is InChI=1S/C12H8F4N2O2/c1-20-11(19)10-5-9(17-18-10)6-2-7(12(14,15)16)4-8(13)3-6/h2-5H,1H3,(H,17,18). The van der Waals surface area contributed by atoms with E-state index in [1.165, 1.54) is 6.07 Å². The van der Waals surface area contributed by atoms with E-state index in [2.05, 4.69) is 14.9 Å². The fourth-order valence-corrected chi connectivity index (χ4v) is 1.59. The van der Waals surface area contributed by atoms with Gasteiger partial charge in [-0.2, -0.15) is 18.3 Å². The number of benzene rings is 1. The van der Waals surface area contributed by atoms with E-state index in [0.29, 0.717) is 6.07 Å². The molecule has 2 aromatic rings. The molecule has 0 aliphatic carbocycles. The van der Waals surface area contributed by atoms with Gasteiger partial charge in [-0.15, -0.1) is 0 Å². The first-order valence-corrected chi connectivity index (χ1v) is 5.33. The van der Waals surface area contributed by atoms with Gasteiger partial charge in [-0.25, -0.2) is 9.18 Å². The first kappa shape index (κ1) is 14.0. The zero-order chi connectivity index (χ0) is 14.9. The number of alkyl halides is 3. The van der Waals surface area contributed by atoms with Crippen molar-refractivity contribution in [3.63, 3.8) is 0 Å². The summed E-state index contributed by atoms with van der Waals surface area (Å²) >= 11 is 0. The Morgan fingerprint density at radius 3 is 2.55 bits per heavy atom. The molecule has 0 saturated heterocycles. The molecule has 1 aromatic heterocycles. The second-order valence-electron chi connectivity index (χ2n) is 3.88. The van der Waals surface area contributed by atoms with Crippen molar-refractivity contribution in [1.82, 2.24) is 10.2 Å². The van der Waals surface area contributed by atoms with Gasteiger partial charge in [0.05, 0.1) is 18.4 Å². The molecule has 0 aliphatic rings. The number of hydrogen-bond acceptors (Lipinski definition) is 3. The van der Waals surface area contributed by atoms with Crippen LogP contribution in [0.2, 0.25) is 0 Å². The summed E-state index contributed by atoms with van der Waals surface area (Å²) in [4.78, 5) is 11.2. The summed E-state index contributed by atoms with van der Waals surface area (Å²) in [5.74, 6) is -1.77. The maximum atomic E-state index is 13.2. The third kappa shape index (κ3) is 2.79. The molecule has 0 bridgehead atoms. The monoisotopic (exact) mass is 288 g/mol. The van der Waals surface area contributed by atoms with Crippen molar-refractivity contribution in [2.75, 3.05) is 7.11 Å². The molecule has 1 N–H and O–H groups in total. The number of carbonyl (C=O) groups is 1. The summed E-state index contributed by atoms with van der Waals surface area (Å²) in [5.41, 5.74) is -1.26. The van der Waals surface area contributed by atoms with E-state index >= 15 is 0 Å². The SMILES string of the molecule is COC(=O)c1cc(-c2cc(F)cc(C(F)(F)F)c2)n[nH]1. The molecule has 0 radical (unpaired) electrons. The average Bonchev–Trinajstić information content (AvgIpc) is 2.85. The molecule has 0 unspecified atom stereocenters. The summed E-state index contributed by atoms with van der Waals surface area (Å²) < 4.78 is 55.4. The number of esters is 1. The Kier molecular flexibility index (Phi) is 3.47. The number of rotatable bonds is 2. The van der Waals surface area contributed by atoms with Crippen LogP contribution in [0.4, 0.5) is 17.6 Å². The van der Waals surface area contributed by atoms with Gasteiger partial charge in [0.1, 0.15) is 11.5 Å². The lowest BCUT2D eigenvalue weighted by Gasteiger charge is -2.08. The average molecular weight is 288 g/mol. The number of nitrogens with one attached hydrogen (secondary N) is 1. The van der Waals surface area contributed by atoms with Gasteiger partial charge in [-0.05, 0) is 24.3 Å². The Balaban J connectivity index is 2.45. The number of aromatic amines is 1. The lowest BCUT2D eigenvalue weighted by molar-refractivity contribution is -0.137. The minimum absolute atomic E-state index is 0.00963. The summed E-state index contributed by atoms with van der Waals surface area (Å²) in [5, 5.41) is 5.96. The molecule has 0 spiro atoms. The van der Waals surface area contributed by atoms with Crippen molar-refractivity contribution < 1.29 is 27.1 Å². The largest absolute Gasteiger partial charge is 0.464 e.